The van der Waals surface area contributed by atoms with Gasteiger partial charge < -0.3 is 25.4 Å². The van der Waals surface area contributed by atoms with Gasteiger partial charge in [-0.25, -0.2) is 0 Å². The minimum absolute atomic E-state index is 0.116. The summed E-state index contributed by atoms with van der Waals surface area (Å²) in [5.74, 6) is 1.46. The maximum absolute atomic E-state index is 14.1. The molecule has 0 aromatic heterocycles. The number of nitrogens with one attached hydrogen (secondary N) is 3. The predicted molar refractivity (Wildman–Crippen MR) is 136 cm³/mol. The Hall–Kier alpha value is -2.60. The standard InChI is InChI=1S/C27H34ClN3O3/c1-33-20-12-13-22-23(16-20)31-27(30-22,18-11-14-24(34-2)21(28)15-18)25(17-7-3-4-8-17)26(32)29-19-9-5-6-10-19/h11-17,19,25,30-31H,3-10H2,1-2H3,(H,29,32). The summed E-state index contributed by atoms with van der Waals surface area (Å²) in [6, 6.07) is 12.0. The van der Waals surface area contributed by atoms with E-state index in [2.05, 4.69) is 16.0 Å². The minimum Gasteiger partial charge on any atom is -0.497 e. The summed E-state index contributed by atoms with van der Waals surface area (Å²) < 4.78 is 10.9. The number of hydrogen-bond acceptors (Lipinski definition) is 5. The van der Waals surface area contributed by atoms with Crippen LogP contribution in [0, 0.1) is 11.8 Å². The highest BCUT2D eigenvalue weighted by atomic mass is 35.5. The number of carbonyl (C=O) groups is 1. The number of halogens is 1. The molecule has 3 N–H and O–H groups in total. The summed E-state index contributed by atoms with van der Waals surface area (Å²) >= 11 is 6.61. The molecule has 182 valence electrons. The molecule has 2 unspecified atom stereocenters. The molecule has 5 rings (SSSR count). The average molecular weight is 484 g/mol. The number of carbonyl (C=O) groups excluding carboxylic acids is 1. The van der Waals surface area contributed by atoms with Crippen molar-refractivity contribution in [3.05, 3.63) is 47.0 Å². The zero-order chi connectivity index (χ0) is 23.7. The first-order valence-electron chi connectivity index (χ1n) is 12.4. The van der Waals surface area contributed by atoms with Crippen molar-refractivity contribution in [2.75, 3.05) is 24.9 Å². The van der Waals surface area contributed by atoms with E-state index in [0.29, 0.717) is 10.8 Å². The molecule has 2 aliphatic carbocycles. The number of anilines is 2. The van der Waals surface area contributed by atoms with Crippen molar-refractivity contribution in [1.82, 2.24) is 5.32 Å². The summed E-state index contributed by atoms with van der Waals surface area (Å²) in [6.45, 7) is 0. The Kier molecular flexibility index (Phi) is 6.52. The van der Waals surface area contributed by atoms with E-state index < -0.39 is 5.66 Å². The first-order valence-corrected chi connectivity index (χ1v) is 12.8. The molecule has 2 fully saturated rings. The van der Waals surface area contributed by atoms with E-state index in [1.807, 2.05) is 36.4 Å². The quantitative estimate of drug-likeness (QED) is 0.456. The molecule has 1 amide bonds. The highest BCUT2D eigenvalue weighted by molar-refractivity contribution is 6.32. The van der Waals surface area contributed by atoms with Crippen LogP contribution in [0.4, 0.5) is 11.4 Å². The first kappa shape index (κ1) is 23.2. The highest BCUT2D eigenvalue weighted by Crippen LogP contribution is 2.50. The third-order valence-electron chi connectivity index (χ3n) is 7.82. The molecule has 1 heterocycles. The van der Waals surface area contributed by atoms with E-state index in [0.717, 1.165) is 61.2 Å². The van der Waals surface area contributed by atoms with Gasteiger partial charge in [0, 0.05) is 17.7 Å². The monoisotopic (exact) mass is 483 g/mol. The SMILES string of the molecule is COc1ccc2c(c1)NC(c1ccc(OC)c(Cl)c1)(C(C(=O)NC1CCCC1)C1CCCC1)N2. The van der Waals surface area contributed by atoms with Crippen LogP contribution in [0.15, 0.2) is 36.4 Å². The predicted octanol–water partition coefficient (Wildman–Crippen LogP) is 5.91. The van der Waals surface area contributed by atoms with Crippen LogP contribution in [0.2, 0.25) is 5.02 Å². The van der Waals surface area contributed by atoms with Crippen LogP contribution in [0.25, 0.3) is 0 Å². The van der Waals surface area contributed by atoms with Crippen molar-refractivity contribution >= 4 is 28.9 Å². The molecule has 0 bridgehead atoms. The second-order valence-electron chi connectivity index (χ2n) is 9.83. The van der Waals surface area contributed by atoms with Crippen LogP contribution in [0.5, 0.6) is 11.5 Å². The topological polar surface area (TPSA) is 71.6 Å². The second kappa shape index (κ2) is 9.57. The van der Waals surface area contributed by atoms with Gasteiger partial charge in [0.1, 0.15) is 17.2 Å². The number of fused-ring (bicyclic) bond motifs is 1. The Balaban J connectivity index is 1.60. The molecule has 2 saturated carbocycles. The first-order chi connectivity index (χ1) is 16.5. The Morgan fingerprint density at radius 1 is 0.971 bits per heavy atom. The van der Waals surface area contributed by atoms with Gasteiger partial charge in [0.05, 0.1) is 36.5 Å². The van der Waals surface area contributed by atoms with Gasteiger partial charge in [0.2, 0.25) is 5.91 Å². The number of benzene rings is 2. The van der Waals surface area contributed by atoms with Crippen LogP contribution in [0.3, 0.4) is 0 Å². The summed E-state index contributed by atoms with van der Waals surface area (Å²) in [5, 5.41) is 11.4. The van der Waals surface area contributed by atoms with Crippen molar-refractivity contribution in [2.24, 2.45) is 11.8 Å². The third kappa shape index (κ3) is 4.17. The zero-order valence-electron chi connectivity index (χ0n) is 20.0. The molecular formula is C27H34ClN3O3. The van der Waals surface area contributed by atoms with Gasteiger partial charge in [0.25, 0.3) is 0 Å². The van der Waals surface area contributed by atoms with E-state index in [1.54, 1.807) is 14.2 Å². The van der Waals surface area contributed by atoms with Crippen molar-refractivity contribution in [3.63, 3.8) is 0 Å². The summed E-state index contributed by atoms with van der Waals surface area (Å²) in [4.78, 5) is 14.1. The van der Waals surface area contributed by atoms with Crippen molar-refractivity contribution in [1.29, 1.82) is 0 Å². The Bertz CT molecular complexity index is 1050. The maximum Gasteiger partial charge on any atom is 0.228 e. The number of methoxy groups -OCH3 is 2. The maximum atomic E-state index is 14.1. The van der Waals surface area contributed by atoms with Gasteiger partial charge in [0.15, 0.2) is 0 Å². The second-order valence-corrected chi connectivity index (χ2v) is 10.2. The molecule has 0 spiro atoms. The van der Waals surface area contributed by atoms with Crippen LogP contribution < -0.4 is 25.4 Å². The molecule has 2 aromatic rings. The van der Waals surface area contributed by atoms with Crippen molar-refractivity contribution in [3.8, 4) is 11.5 Å². The lowest BCUT2D eigenvalue weighted by molar-refractivity contribution is -0.129. The van der Waals surface area contributed by atoms with Crippen LogP contribution >= 0.6 is 11.6 Å². The van der Waals surface area contributed by atoms with Gasteiger partial charge in [-0.1, -0.05) is 43.4 Å². The summed E-state index contributed by atoms with van der Waals surface area (Å²) in [5.41, 5.74) is 1.96. The molecule has 6 nitrogen and oxygen atoms in total. The molecule has 0 radical (unpaired) electrons. The Labute approximate surface area is 206 Å². The average Bonchev–Trinajstić information content (AvgIpc) is 3.60. The zero-order valence-corrected chi connectivity index (χ0v) is 20.7. The van der Waals surface area contributed by atoms with E-state index >= 15 is 0 Å². The van der Waals surface area contributed by atoms with E-state index in [1.165, 1.54) is 12.8 Å². The lowest BCUT2D eigenvalue weighted by atomic mass is 9.75. The minimum atomic E-state index is -0.831. The van der Waals surface area contributed by atoms with Crippen LogP contribution in [0.1, 0.15) is 56.9 Å². The molecular weight excluding hydrogens is 450 g/mol. The van der Waals surface area contributed by atoms with Gasteiger partial charge >= 0.3 is 0 Å². The third-order valence-corrected chi connectivity index (χ3v) is 8.11. The lowest BCUT2D eigenvalue weighted by Crippen LogP contribution is -2.56. The molecule has 0 saturated heterocycles. The summed E-state index contributed by atoms with van der Waals surface area (Å²) in [6.07, 6.45) is 8.86. The molecule has 3 aliphatic rings. The fourth-order valence-electron chi connectivity index (χ4n) is 6.13. The van der Waals surface area contributed by atoms with Crippen LogP contribution in [-0.4, -0.2) is 26.2 Å². The number of amides is 1. The van der Waals surface area contributed by atoms with E-state index in [4.69, 9.17) is 21.1 Å². The Morgan fingerprint density at radius 3 is 2.35 bits per heavy atom. The summed E-state index contributed by atoms with van der Waals surface area (Å²) in [7, 11) is 3.28. The fraction of sp³-hybridized carbons (Fsp3) is 0.519. The van der Waals surface area contributed by atoms with E-state index in [9.17, 15) is 4.79 Å². The van der Waals surface area contributed by atoms with Gasteiger partial charge in [-0.2, -0.15) is 0 Å². The van der Waals surface area contributed by atoms with Crippen molar-refractivity contribution < 1.29 is 14.3 Å². The molecule has 34 heavy (non-hydrogen) atoms. The van der Waals surface area contributed by atoms with Gasteiger partial charge in [-0.05, 0) is 55.9 Å². The van der Waals surface area contributed by atoms with Gasteiger partial charge in [-0.3, -0.25) is 4.79 Å². The van der Waals surface area contributed by atoms with Gasteiger partial charge in [-0.15, -0.1) is 0 Å². The normalized spacial score (nSPS) is 23.1. The number of rotatable bonds is 7. The fourth-order valence-corrected chi connectivity index (χ4v) is 6.38. The molecule has 1 aliphatic heterocycles. The number of hydrogen-bond donors (Lipinski definition) is 3. The molecule has 2 aromatic carbocycles. The van der Waals surface area contributed by atoms with Crippen LogP contribution in [-0.2, 0) is 10.5 Å². The Morgan fingerprint density at radius 2 is 1.68 bits per heavy atom. The van der Waals surface area contributed by atoms with Crippen molar-refractivity contribution in [2.45, 2.75) is 63.1 Å². The molecule has 2 atom stereocenters. The van der Waals surface area contributed by atoms with E-state index in [-0.39, 0.29) is 23.8 Å². The highest BCUT2D eigenvalue weighted by Gasteiger charge is 2.52. The molecule has 7 heteroatoms. The lowest BCUT2D eigenvalue weighted by Gasteiger charge is -2.42. The number of ether oxygens (including phenoxy) is 2. The smallest absolute Gasteiger partial charge is 0.228 e. The largest absolute Gasteiger partial charge is 0.497 e.